The van der Waals surface area contributed by atoms with Crippen LogP contribution in [0.15, 0.2) is 12.4 Å². The van der Waals surface area contributed by atoms with E-state index in [9.17, 15) is 4.79 Å². The average Bonchev–Trinajstić information content (AvgIpc) is 2.33. The van der Waals surface area contributed by atoms with Gasteiger partial charge < -0.3 is 10.0 Å². The summed E-state index contributed by atoms with van der Waals surface area (Å²) in [4.78, 5) is 21.3. The molecule has 0 aliphatic rings. The summed E-state index contributed by atoms with van der Waals surface area (Å²) < 4.78 is 0. The maximum atomic E-state index is 12.0. The first kappa shape index (κ1) is 13.9. The minimum Gasteiger partial charge on any atom is -0.395 e. The van der Waals surface area contributed by atoms with E-state index >= 15 is 0 Å². The molecule has 1 N–H and O–H groups in total. The Morgan fingerprint density at radius 2 is 2.24 bits per heavy atom. The highest BCUT2D eigenvalue weighted by Crippen LogP contribution is 2.06. The normalized spacial score (nSPS) is 10.3. The number of aromatic nitrogens is 2. The molecule has 6 heteroatoms. The summed E-state index contributed by atoms with van der Waals surface area (Å²) >= 11 is 5.68. The molecule has 0 atom stereocenters. The molecule has 0 unspecified atom stereocenters. The first-order valence-electron chi connectivity index (χ1n) is 5.56. The Morgan fingerprint density at radius 1 is 1.47 bits per heavy atom. The second-order valence-electron chi connectivity index (χ2n) is 3.60. The fourth-order valence-corrected chi connectivity index (χ4v) is 1.54. The highest BCUT2D eigenvalue weighted by atomic mass is 35.5. The molecule has 1 amide bonds. The predicted octanol–water partition coefficient (Wildman–Crippen LogP) is 1.36. The summed E-state index contributed by atoms with van der Waals surface area (Å²) in [6.07, 6.45) is 4.63. The van der Waals surface area contributed by atoms with Crippen LogP contribution in [-0.2, 0) is 0 Å². The maximum Gasteiger partial charge on any atom is 0.274 e. The van der Waals surface area contributed by atoms with Crippen molar-refractivity contribution in [2.24, 2.45) is 0 Å². The summed E-state index contributed by atoms with van der Waals surface area (Å²) in [6, 6.07) is 0. The molecule has 5 nitrogen and oxygen atoms in total. The van der Waals surface area contributed by atoms with E-state index in [1.54, 1.807) is 4.90 Å². The molecule has 0 bridgehead atoms. The van der Waals surface area contributed by atoms with Gasteiger partial charge in [-0.15, -0.1) is 0 Å². The monoisotopic (exact) mass is 257 g/mol. The van der Waals surface area contributed by atoms with Crippen molar-refractivity contribution < 1.29 is 9.90 Å². The van der Waals surface area contributed by atoms with Crippen molar-refractivity contribution in [1.29, 1.82) is 0 Å². The summed E-state index contributed by atoms with van der Waals surface area (Å²) in [5.74, 6) is -0.248. The lowest BCUT2D eigenvalue weighted by molar-refractivity contribution is 0.0713. The minimum absolute atomic E-state index is 0.0660. The highest BCUT2D eigenvalue weighted by Gasteiger charge is 2.16. The van der Waals surface area contributed by atoms with Crippen LogP contribution in [0.25, 0.3) is 0 Å². The SMILES string of the molecule is CCCCN(CCO)C(=O)c1cncc(Cl)n1. The molecular weight excluding hydrogens is 242 g/mol. The van der Waals surface area contributed by atoms with Gasteiger partial charge in [-0.1, -0.05) is 24.9 Å². The summed E-state index contributed by atoms with van der Waals surface area (Å²) in [5, 5.41) is 9.12. The second-order valence-corrected chi connectivity index (χ2v) is 3.98. The van der Waals surface area contributed by atoms with Crippen LogP contribution in [0.2, 0.25) is 5.15 Å². The van der Waals surface area contributed by atoms with E-state index in [2.05, 4.69) is 9.97 Å². The Labute approximate surface area is 105 Å². The fourth-order valence-electron chi connectivity index (χ4n) is 1.39. The van der Waals surface area contributed by atoms with E-state index in [1.165, 1.54) is 12.4 Å². The molecule has 0 saturated heterocycles. The number of carbonyl (C=O) groups excluding carboxylic acids is 1. The lowest BCUT2D eigenvalue weighted by Gasteiger charge is -2.20. The molecule has 1 aromatic heterocycles. The number of carbonyl (C=O) groups is 1. The van der Waals surface area contributed by atoms with Crippen molar-refractivity contribution in [3.63, 3.8) is 0 Å². The Kier molecular flexibility index (Phi) is 5.86. The zero-order valence-electron chi connectivity index (χ0n) is 9.77. The van der Waals surface area contributed by atoms with Gasteiger partial charge in [0.05, 0.1) is 19.0 Å². The van der Waals surface area contributed by atoms with Gasteiger partial charge in [0.2, 0.25) is 0 Å². The standard InChI is InChI=1S/C11H16ClN3O2/c1-2-3-4-15(5-6-16)11(17)9-7-13-8-10(12)14-9/h7-8,16H,2-6H2,1H3. The number of unbranched alkanes of at least 4 members (excludes halogenated alkanes) is 1. The van der Waals surface area contributed by atoms with E-state index in [4.69, 9.17) is 16.7 Å². The lowest BCUT2D eigenvalue weighted by atomic mass is 10.3. The number of rotatable bonds is 6. The molecule has 1 aromatic rings. The molecule has 1 heterocycles. The van der Waals surface area contributed by atoms with E-state index in [0.717, 1.165) is 12.8 Å². The summed E-state index contributed by atoms with van der Waals surface area (Å²) in [5.41, 5.74) is 0.210. The van der Waals surface area contributed by atoms with Gasteiger partial charge in [-0.2, -0.15) is 0 Å². The van der Waals surface area contributed by atoms with Gasteiger partial charge in [-0.3, -0.25) is 9.78 Å². The largest absolute Gasteiger partial charge is 0.395 e. The van der Waals surface area contributed by atoms with Crippen LogP contribution < -0.4 is 0 Å². The smallest absolute Gasteiger partial charge is 0.274 e. The molecular formula is C11H16ClN3O2. The Bertz CT molecular complexity index is 373. The average molecular weight is 258 g/mol. The molecule has 0 aromatic carbocycles. The highest BCUT2D eigenvalue weighted by molar-refractivity contribution is 6.29. The van der Waals surface area contributed by atoms with Crippen LogP contribution in [-0.4, -0.2) is 45.6 Å². The van der Waals surface area contributed by atoms with Gasteiger partial charge in [0.1, 0.15) is 10.8 Å². The number of halogens is 1. The third kappa shape index (κ3) is 4.28. The molecule has 1 rings (SSSR count). The van der Waals surface area contributed by atoms with Crippen molar-refractivity contribution in [2.45, 2.75) is 19.8 Å². The van der Waals surface area contributed by atoms with Crippen LogP contribution in [0.5, 0.6) is 0 Å². The molecule has 0 spiro atoms. The van der Waals surface area contributed by atoms with Gasteiger partial charge in [0, 0.05) is 13.1 Å². The van der Waals surface area contributed by atoms with E-state index < -0.39 is 0 Å². The topological polar surface area (TPSA) is 66.3 Å². The lowest BCUT2D eigenvalue weighted by Crippen LogP contribution is -2.35. The van der Waals surface area contributed by atoms with E-state index in [-0.39, 0.29) is 23.4 Å². The second kappa shape index (κ2) is 7.19. The van der Waals surface area contributed by atoms with E-state index in [0.29, 0.717) is 13.1 Å². The van der Waals surface area contributed by atoms with E-state index in [1.807, 2.05) is 6.92 Å². The van der Waals surface area contributed by atoms with Crippen molar-refractivity contribution in [1.82, 2.24) is 14.9 Å². The van der Waals surface area contributed by atoms with Gasteiger partial charge in [0.15, 0.2) is 0 Å². The molecule has 0 saturated carbocycles. The predicted molar refractivity (Wildman–Crippen MR) is 64.9 cm³/mol. The van der Waals surface area contributed by atoms with Gasteiger partial charge in [-0.05, 0) is 6.42 Å². The van der Waals surface area contributed by atoms with Gasteiger partial charge >= 0.3 is 0 Å². The Hall–Kier alpha value is -1.20. The minimum atomic E-state index is -0.248. The zero-order valence-corrected chi connectivity index (χ0v) is 10.5. The molecule has 0 aliphatic carbocycles. The number of hydrogen-bond donors (Lipinski definition) is 1. The number of aliphatic hydroxyl groups excluding tert-OH is 1. The van der Waals surface area contributed by atoms with Crippen molar-refractivity contribution >= 4 is 17.5 Å². The Balaban J connectivity index is 2.76. The first-order chi connectivity index (χ1) is 8.19. The van der Waals surface area contributed by atoms with Crippen LogP contribution in [0.4, 0.5) is 0 Å². The third-order valence-electron chi connectivity index (χ3n) is 2.26. The zero-order chi connectivity index (χ0) is 12.7. The quantitative estimate of drug-likeness (QED) is 0.836. The van der Waals surface area contributed by atoms with Crippen LogP contribution in [0.3, 0.4) is 0 Å². The molecule has 0 aliphatic heterocycles. The van der Waals surface area contributed by atoms with Crippen LogP contribution in [0.1, 0.15) is 30.3 Å². The Morgan fingerprint density at radius 3 is 2.82 bits per heavy atom. The summed E-state index contributed by atoms with van der Waals surface area (Å²) in [7, 11) is 0. The first-order valence-corrected chi connectivity index (χ1v) is 5.94. The maximum absolute atomic E-state index is 12.0. The van der Waals surface area contributed by atoms with Crippen LogP contribution >= 0.6 is 11.6 Å². The molecule has 0 radical (unpaired) electrons. The summed E-state index contributed by atoms with van der Waals surface area (Å²) in [6.45, 7) is 2.88. The molecule has 17 heavy (non-hydrogen) atoms. The molecule has 94 valence electrons. The van der Waals surface area contributed by atoms with Crippen molar-refractivity contribution in [3.05, 3.63) is 23.2 Å². The molecule has 0 fully saturated rings. The number of aliphatic hydroxyl groups is 1. The van der Waals surface area contributed by atoms with Gasteiger partial charge in [0.25, 0.3) is 5.91 Å². The number of amides is 1. The number of nitrogens with zero attached hydrogens (tertiary/aromatic N) is 3. The van der Waals surface area contributed by atoms with Crippen molar-refractivity contribution in [3.8, 4) is 0 Å². The fraction of sp³-hybridized carbons (Fsp3) is 0.545. The third-order valence-corrected chi connectivity index (χ3v) is 2.45. The number of hydrogen-bond acceptors (Lipinski definition) is 4. The van der Waals surface area contributed by atoms with Gasteiger partial charge in [-0.25, -0.2) is 4.98 Å². The van der Waals surface area contributed by atoms with Crippen molar-refractivity contribution in [2.75, 3.05) is 19.7 Å². The van der Waals surface area contributed by atoms with Crippen LogP contribution in [0, 0.1) is 0 Å².